The summed E-state index contributed by atoms with van der Waals surface area (Å²) in [6.45, 7) is 19.2. The zero-order valence-corrected chi connectivity index (χ0v) is 23.7. The van der Waals surface area contributed by atoms with Crippen molar-refractivity contribution in [3.8, 4) is 0 Å². The average Bonchev–Trinajstić information content (AvgIpc) is 2.35. The number of aliphatic carboxylic acids is 4. The number of carboxylic acids is 4. The van der Waals surface area contributed by atoms with Crippen LogP contribution in [0.3, 0.4) is 0 Å². The van der Waals surface area contributed by atoms with Gasteiger partial charge in [-0.2, -0.15) is 0 Å². The third-order valence-electron chi connectivity index (χ3n) is 2.45. The average molecular weight is 612 g/mol. The molecular formula is C20H36O8Pb. The van der Waals surface area contributed by atoms with Crippen LogP contribution in [0.1, 0.15) is 83.1 Å². The topological polar surface area (TPSA) is 161 Å². The molecule has 0 saturated carbocycles. The number of carbonyl (C=O) groups is 4. The molecule has 0 rings (SSSR count). The SMILES string of the molecule is CC(C)(C)C(=O)[O-].CC(C)(C)C(=O)[O-].CC(C)(C)C(=O)[O-].CC(C)(C)C(=O)[O-].[Pb+4]. The number of hydrogen-bond donors (Lipinski definition) is 0. The zero-order valence-electron chi connectivity index (χ0n) is 19.8. The Kier molecular flexibility index (Phi) is 19.5. The van der Waals surface area contributed by atoms with E-state index in [4.69, 9.17) is 0 Å². The summed E-state index contributed by atoms with van der Waals surface area (Å²) < 4.78 is 0. The second-order valence-electron chi connectivity index (χ2n) is 10.1. The van der Waals surface area contributed by atoms with E-state index in [0.29, 0.717) is 0 Å². The molecule has 0 atom stereocenters. The molecule has 0 spiro atoms. The van der Waals surface area contributed by atoms with Crippen LogP contribution in [0.5, 0.6) is 0 Å². The summed E-state index contributed by atoms with van der Waals surface area (Å²) in [5.74, 6) is -4.03. The van der Waals surface area contributed by atoms with E-state index in [-0.39, 0.29) is 27.3 Å². The number of hydrogen-bond acceptors (Lipinski definition) is 8. The van der Waals surface area contributed by atoms with Crippen LogP contribution in [0.25, 0.3) is 0 Å². The van der Waals surface area contributed by atoms with Crippen LogP contribution >= 0.6 is 0 Å². The fraction of sp³-hybridized carbons (Fsp3) is 0.800. The molecule has 0 fully saturated rings. The molecule has 0 radical (unpaired) electrons. The Morgan fingerprint density at radius 1 is 0.379 bits per heavy atom. The molecule has 0 bridgehead atoms. The molecule has 0 aromatic heterocycles. The second kappa shape index (κ2) is 14.7. The van der Waals surface area contributed by atoms with Crippen LogP contribution < -0.4 is 20.4 Å². The van der Waals surface area contributed by atoms with Crippen molar-refractivity contribution >= 4 is 51.2 Å². The van der Waals surface area contributed by atoms with Crippen molar-refractivity contribution in [2.24, 2.45) is 21.7 Å². The Morgan fingerprint density at radius 2 is 0.414 bits per heavy atom. The van der Waals surface area contributed by atoms with E-state index in [9.17, 15) is 39.6 Å². The van der Waals surface area contributed by atoms with E-state index in [1.807, 2.05) is 0 Å². The maximum Gasteiger partial charge on any atom is 4.00 e. The van der Waals surface area contributed by atoms with E-state index in [0.717, 1.165) is 0 Å². The first kappa shape index (κ1) is 38.4. The fourth-order valence-electron chi connectivity index (χ4n) is 0. The number of carbonyl (C=O) groups excluding carboxylic acids is 4. The molecule has 8 nitrogen and oxygen atoms in total. The van der Waals surface area contributed by atoms with Crippen molar-refractivity contribution in [1.82, 2.24) is 0 Å². The second-order valence-corrected chi connectivity index (χ2v) is 10.1. The van der Waals surface area contributed by atoms with Gasteiger partial charge < -0.3 is 39.6 Å². The molecule has 0 aliphatic carbocycles. The van der Waals surface area contributed by atoms with E-state index >= 15 is 0 Å². The van der Waals surface area contributed by atoms with E-state index in [1.54, 1.807) is 83.1 Å². The minimum atomic E-state index is -1.01. The predicted molar refractivity (Wildman–Crippen MR) is 104 cm³/mol. The van der Waals surface area contributed by atoms with Crippen LogP contribution in [0.2, 0.25) is 0 Å². The van der Waals surface area contributed by atoms with Gasteiger partial charge in [0.15, 0.2) is 0 Å². The monoisotopic (exact) mass is 612 g/mol. The van der Waals surface area contributed by atoms with Gasteiger partial charge in [-0.25, -0.2) is 0 Å². The number of carboxylic acid groups (broad SMARTS) is 4. The van der Waals surface area contributed by atoms with Crippen molar-refractivity contribution < 1.29 is 39.6 Å². The van der Waals surface area contributed by atoms with Crippen molar-refractivity contribution in [3.05, 3.63) is 0 Å². The molecule has 0 aromatic rings. The summed E-state index contributed by atoms with van der Waals surface area (Å²) in [5.41, 5.74) is -2.78. The van der Waals surface area contributed by atoms with Gasteiger partial charge in [0.05, 0.1) is 0 Å². The normalized spacial score (nSPS) is 10.9. The van der Waals surface area contributed by atoms with Crippen LogP contribution in [0.4, 0.5) is 0 Å². The minimum Gasteiger partial charge on any atom is -0.550 e. The molecular weight excluding hydrogens is 575 g/mol. The Bertz CT molecular complexity index is 417. The zero-order chi connectivity index (χ0) is 24.3. The van der Waals surface area contributed by atoms with Crippen LogP contribution in [-0.2, 0) is 19.2 Å². The largest absolute Gasteiger partial charge is 4.00 e. The number of rotatable bonds is 0. The Labute approximate surface area is 195 Å². The quantitative estimate of drug-likeness (QED) is 0.307. The van der Waals surface area contributed by atoms with E-state index < -0.39 is 45.5 Å². The van der Waals surface area contributed by atoms with Gasteiger partial charge in [0, 0.05) is 45.5 Å². The van der Waals surface area contributed by atoms with Crippen molar-refractivity contribution in [2.45, 2.75) is 83.1 Å². The summed E-state index contributed by atoms with van der Waals surface area (Å²) in [4.78, 5) is 39.6. The summed E-state index contributed by atoms with van der Waals surface area (Å²) in [5, 5.41) is 39.6. The fourth-order valence-corrected chi connectivity index (χ4v) is 0. The molecule has 0 amide bonds. The van der Waals surface area contributed by atoms with Gasteiger partial charge in [0.1, 0.15) is 0 Å². The summed E-state index contributed by atoms with van der Waals surface area (Å²) in [6.07, 6.45) is 0. The van der Waals surface area contributed by atoms with Gasteiger partial charge in [-0.15, -0.1) is 0 Å². The van der Waals surface area contributed by atoms with Gasteiger partial charge >= 0.3 is 27.3 Å². The molecule has 0 aromatic carbocycles. The first-order valence-electron chi connectivity index (χ1n) is 8.63. The van der Waals surface area contributed by atoms with Crippen molar-refractivity contribution in [3.63, 3.8) is 0 Å². The van der Waals surface area contributed by atoms with Crippen LogP contribution in [0, 0.1) is 21.7 Å². The Balaban J connectivity index is -0.0000000873. The maximum atomic E-state index is 9.91. The van der Waals surface area contributed by atoms with Gasteiger partial charge in [-0.1, -0.05) is 83.1 Å². The first-order valence-corrected chi connectivity index (χ1v) is 8.63. The van der Waals surface area contributed by atoms with Crippen LogP contribution in [-0.4, -0.2) is 51.2 Å². The summed E-state index contributed by atoms with van der Waals surface area (Å²) in [7, 11) is 0. The minimum absolute atomic E-state index is 0. The molecule has 0 aliphatic rings. The van der Waals surface area contributed by atoms with Gasteiger partial charge in [0.2, 0.25) is 0 Å². The molecule has 9 heteroatoms. The summed E-state index contributed by atoms with van der Waals surface area (Å²) >= 11 is 0. The molecule has 168 valence electrons. The molecule has 0 heterocycles. The van der Waals surface area contributed by atoms with Crippen molar-refractivity contribution in [2.75, 3.05) is 0 Å². The third-order valence-corrected chi connectivity index (χ3v) is 2.45. The van der Waals surface area contributed by atoms with Gasteiger partial charge in [-0.05, 0) is 0 Å². The molecule has 0 aliphatic heterocycles. The molecule has 29 heavy (non-hydrogen) atoms. The molecule has 0 saturated heterocycles. The predicted octanol–water partition coefficient (Wildman–Crippen LogP) is -1.25. The van der Waals surface area contributed by atoms with E-state index in [1.165, 1.54) is 0 Å². The van der Waals surface area contributed by atoms with Crippen molar-refractivity contribution in [1.29, 1.82) is 0 Å². The van der Waals surface area contributed by atoms with Gasteiger partial charge in [0.25, 0.3) is 0 Å². The molecule has 0 N–H and O–H groups in total. The maximum absolute atomic E-state index is 9.91. The van der Waals surface area contributed by atoms with Gasteiger partial charge in [-0.3, -0.25) is 0 Å². The molecule has 0 unspecified atom stereocenters. The van der Waals surface area contributed by atoms with Crippen LogP contribution in [0.15, 0.2) is 0 Å². The Hall–Kier alpha value is -1.20. The van der Waals surface area contributed by atoms with E-state index in [2.05, 4.69) is 0 Å². The third kappa shape index (κ3) is 31.7. The summed E-state index contributed by atoms with van der Waals surface area (Å²) in [6, 6.07) is 0. The standard InChI is InChI=1S/4C5H10O2.Pb/c4*1-5(2,3)4(6)7;/h4*1-3H3,(H,6,7);/q;;;;+4/p-4. The smallest absolute Gasteiger partial charge is 0.550 e. The Morgan fingerprint density at radius 3 is 0.414 bits per heavy atom. The first-order chi connectivity index (χ1) is 11.8.